The number of primary sulfonamides is 1. The SMILES string of the molecule is NS(=O)(=O)c1ccc(-c2ccccc2)c(-c2ccccc2)c1. The van der Waals surface area contributed by atoms with E-state index in [1.54, 1.807) is 18.2 Å². The molecule has 0 aromatic heterocycles. The van der Waals surface area contributed by atoms with Crippen LogP contribution in [0.25, 0.3) is 22.3 Å². The highest BCUT2D eigenvalue weighted by Crippen LogP contribution is 2.33. The molecule has 0 saturated heterocycles. The third kappa shape index (κ3) is 2.93. The first-order chi connectivity index (χ1) is 10.6. The highest BCUT2D eigenvalue weighted by molar-refractivity contribution is 7.89. The van der Waals surface area contributed by atoms with Gasteiger partial charge in [0.15, 0.2) is 0 Å². The van der Waals surface area contributed by atoms with E-state index in [0.717, 1.165) is 22.3 Å². The third-order valence-corrected chi connectivity index (χ3v) is 4.40. The van der Waals surface area contributed by atoms with Gasteiger partial charge in [0, 0.05) is 0 Å². The minimum absolute atomic E-state index is 0.117. The average Bonchev–Trinajstić information content (AvgIpc) is 2.55. The Balaban J connectivity index is 2.27. The molecule has 0 amide bonds. The van der Waals surface area contributed by atoms with Crippen molar-refractivity contribution in [1.29, 1.82) is 0 Å². The normalized spacial score (nSPS) is 11.3. The molecule has 3 aromatic rings. The highest BCUT2D eigenvalue weighted by atomic mass is 32.2. The monoisotopic (exact) mass is 309 g/mol. The molecule has 110 valence electrons. The van der Waals surface area contributed by atoms with E-state index in [2.05, 4.69) is 0 Å². The lowest BCUT2D eigenvalue weighted by atomic mass is 9.95. The summed E-state index contributed by atoms with van der Waals surface area (Å²) in [6, 6.07) is 24.5. The predicted molar refractivity (Wildman–Crippen MR) is 88.7 cm³/mol. The van der Waals surface area contributed by atoms with Crippen molar-refractivity contribution >= 4 is 10.0 Å². The Morgan fingerprint density at radius 3 is 1.64 bits per heavy atom. The lowest BCUT2D eigenvalue weighted by Crippen LogP contribution is -2.12. The van der Waals surface area contributed by atoms with Crippen LogP contribution in [-0.2, 0) is 10.0 Å². The lowest BCUT2D eigenvalue weighted by molar-refractivity contribution is 0.598. The molecule has 0 aliphatic carbocycles. The number of hydrogen-bond donors (Lipinski definition) is 1. The van der Waals surface area contributed by atoms with E-state index >= 15 is 0 Å². The molecule has 0 aliphatic heterocycles. The summed E-state index contributed by atoms with van der Waals surface area (Å²) in [5.74, 6) is 0. The molecule has 0 bridgehead atoms. The van der Waals surface area contributed by atoms with Crippen molar-refractivity contribution in [1.82, 2.24) is 0 Å². The van der Waals surface area contributed by atoms with Crippen LogP contribution < -0.4 is 5.14 Å². The van der Waals surface area contributed by atoms with Gasteiger partial charge in [-0.1, -0.05) is 66.7 Å². The van der Waals surface area contributed by atoms with Gasteiger partial charge < -0.3 is 0 Å². The maximum absolute atomic E-state index is 11.6. The van der Waals surface area contributed by atoms with E-state index in [1.165, 1.54) is 0 Å². The van der Waals surface area contributed by atoms with Crippen LogP contribution in [0, 0.1) is 0 Å². The van der Waals surface area contributed by atoms with Gasteiger partial charge in [0.2, 0.25) is 10.0 Å². The first-order valence-electron chi connectivity index (χ1n) is 6.83. The zero-order chi connectivity index (χ0) is 15.6. The summed E-state index contributed by atoms with van der Waals surface area (Å²) in [4.78, 5) is 0.117. The van der Waals surface area contributed by atoms with Gasteiger partial charge >= 0.3 is 0 Å². The highest BCUT2D eigenvalue weighted by Gasteiger charge is 2.13. The van der Waals surface area contributed by atoms with Crippen LogP contribution in [-0.4, -0.2) is 8.42 Å². The van der Waals surface area contributed by atoms with Crippen molar-refractivity contribution in [2.75, 3.05) is 0 Å². The van der Waals surface area contributed by atoms with Crippen LogP contribution in [0.3, 0.4) is 0 Å². The Labute approximate surface area is 130 Å². The summed E-state index contributed by atoms with van der Waals surface area (Å²) in [6.45, 7) is 0. The minimum Gasteiger partial charge on any atom is -0.225 e. The summed E-state index contributed by atoms with van der Waals surface area (Å²) in [5.41, 5.74) is 3.80. The van der Waals surface area contributed by atoms with Gasteiger partial charge in [0.05, 0.1) is 4.90 Å². The first kappa shape index (κ1) is 14.5. The zero-order valence-corrected chi connectivity index (χ0v) is 12.6. The average molecular weight is 309 g/mol. The maximum atomic E-state index is 11.6. The van der Waals surface area contributed by atoms with Gasteiger partial charge in [-0.2, -0.15) is 0 Å². The fourth-order valence-corrected chi connectivity index (χ4v) is 2.97. The van der Waals surface area contributed by atoms with E-state index in [4.69, 9.17) is 5.14 Å². The number of benzene rings is 3. The lowest BCUT2D eigenvalue weighted by Gasteiger charge is -2.12. The smallest absolute Gasteiger partial charge is 0.225 e. The molecule has 0 unspecified atom stereocenters. The van der Waals surface area contributed by atoms with Crippen LogP contribution in [0.2, 0.25) is 0 Å². The fourth-order valence-electron chi connectivity index (χ4n) is 2.43. The van der Waals surface area contributed by atoms with Gasteiger partial charge in [0.1, 0.15) is 0 Å². The number of rotatable bonds is 3. The second kappa shape index (κ2) is 5.75. The van der Waals surface area contributed by atoms with Crippen molar-refractivity contribution in [3.63, 3.8) is 0 Å². The van der Waals surface area contributed by atoms with Crippen molar-refractivity contribution in [2.45, 2.75) is 4.90 Å². The number of hydrogen-bond acceptors (Lipinski definition) is 2. The second-order valence-electron chi connectivity index (χ2n) is 4.98. The van der Waals surface area contributed by atoms with Crippen LogP contribution in [0.4, 0.5) is 0 Å². The standard InChI is InChI=1S/C18H15NO2S/c19-22(20,21)16-11-12-17(14-7-3-1-4-8-14)18(13-16)15-9-5-2-6-10-15/h1-13H,(H2,19,20,21). The molecule has 0 spiro atoms. The molecule has 4 heteroatoms. The van der Waals surface area contributed by atoms with Crippen LogP contribution in [0.1, 0.15) is 0 Å². The van der Waals surface area contributed by atoms with Crippen molar-refractivity contribution in [3.8, 4) is 22.3 Å². The van der Waals surface area contributed by atoms with Gasteiger partial charge in [-0.15, -0.1) is 0 Å². The molecule has 0 saturated carbocycles. The van der Waals surface area contributed by atoms with Gasteiger partial charge in [0.25, 0.3) is 0 Å². The third-order valence-electron chi connectivity index (χ3n) is 3.49. The van der Waals surface area contributed by atoms with Gasteiger partial charge in [-0.05, 0) is 34.4 Å². The summed E-state index contributed by atoms with van der Waals surface area (Å²) in [5, 5.41) is 5.26. The van der Waals surface area contributed by atoms with Crippen LogP contribution in [0.5, 0.6) is 0 Å². The molecule has 0 radical (unpaired) electrons. The molecule has 0 aliphatic rings. The summed E-state index contributed by atoms with van der Waals surface area (Å²) >= 11 is 0. The van der Waals surface area contributed by atoms with Gasteiger partial charge in [-0.25, -0.2) is 13.6 Å². The molecule has 0 atom stereocenters. The predicted octanol–water partition coefficient (Wildman–Crippen LogP) is 3.67. The molecule has 3 nitrogen and oxygen atoms in total. The summed E-state index contributed by atoms with van der Waals surface area (Å²) < 4.78 is 23.3. The maximum Gasteiger partial charge on any atom is 0.238 e. The number of sulfonamides is 1. The molecular weight excluding hydrogens is 294 g/mol. The molecule has 2 N–H and O–H groups in total. The molecule has 3 rings (SSSR count). The fraction of sp³-hybridized carbons (Fsp3) is 0. The molecular formula is C18H15NO2S. The zero-order valence-electron chi connectivity index (χ0n) is 11.8. The largest absolute Gasteiger partial charge is 0.238 e. The van der Waals surface area contributed by atoms with Gasteiger partial charge in [-0.3, -0.25) is 0 Å². The topological polar surface area (TPSA) is 60.2 Å². The van der Waals surface area contributed by atoms with Crippen molar-refractivity contribution in [3.05, 3.63) is 78.9 Å². The Kier molecular flexibility index (Phi) is 3.79. The molecule has 0 heterocycles. The second-order valence-corrected chi connectivity index (χ2v) is 6.55. The van der Waals surface area contributed by atoms with E-state index in [0.29, 0.717) is 0 Å². The van der Waals surface area contributed by atoms with Crippen molar-refractivity contribution in [2.24, 2.45) is 5.14 Å². The molecule has 0 fully saturated rings. The van der Waals surface area contributed by atoms with Crippen molar-refractivity contribution < 1.29 is 8.42 Å². The number of nitrogens with two attached hydrogens (primary N) is 1. The van der Waals surface area contributed by atoms with E-state index in [1.807, 2.05) is 60.7 Å². The Morgan fingerprint density at radius 1 is 0.636 bits per heavy atom. The Morgan fingerprint density at radius 2 is 1.14 bits per heavy atom. The quantitative estimate of drug-likeness (QED) is 0.802. The summed E-state index contributed by atoms with van der Waals surface area (Å²) in [7, 11) is -3.73. The van der Waals surface area contributed by atoms with E-state index in [9.17, 15) is 8.42 Å². The Hall–Kier alpha value is -2.43. The van der Waals surface area contributed by atoms with Crippen LogP contribution >= 0.6 is 0 Å². The van der Waals surface area contributed by atoms with E-state index in [-0.39, 0.29) is 4.90 Å². The Bertz CT molecular complexity index is 889. The van der Waals surface area contributed by atoms with Crippen LogP contribution in [0.15, 0.2) is 83.8 Å². The summed E-state index contributed by atoms with van der Waals surface area (Å²) in [6.07, 6.45) is 0. The molecule has 3 aromatic carbocycles. The van der Waals surface area contributed by atoms with E-state index < -0.39 is 10.0 Å². The minimum atomic E-state index is -3.73. The molecule has 22 heavy (non-hydrogen) atoms. The first-order valence-corrected chi connectivity index (χ1v) is 8.38.